The first kappa shape index (κ1) is 21.1. The third-order valence-electron chi connectivity index (χ3n) is 4.58. The summed E-state index contributed by atoms with van der Waals surface area (Å²) in [6.07, 6.45) is -0.137. The Hall–Kier alpha value is -2.64. The van der Waals surface area contributed by atoms with Crippen molar-refractivity contribution in [3.05, 3.63) is 58.4 Å². The van der Waals surface area contributed by atoms with Gasteiger partial charge in [-0.05, 0) is 42.3 Å². The number of ether oxygens (including phenoxy) is 2. The lowest BCUT2D eigenvalue weighted by atomic mass is 10.1. The van der Waals surface area contributed by atoms with Gasteiger partial charge in [0, 0.05) is 36.5 Å². The minimum absolute atomic E-state index is 0.0564. The molecular formula is C21H22ClFN2O4. The molecule has 0 fully saturated rings. The number of fused-ring (bicyclic) bond motifs is 1. The third-order valence-corrected chi connectivity index (χ3v) is 4.94. The highest BCUT2D eigenvalue weighted by molar-refractivity contribution is 6.31. The summed E-state index contributed by atoms with van der Waals surface area (Å²) in [5.74, 6) is -0.298. The van der Waals surface area contributed by atoms with Crippen molar-refractivity contribution in [3.8, 4) is 5.75 Å². The van der Waals surface area contributed by atoms with Crippen LogP contribution in [-0.4, -0.2) is 36.5 Å². The van der Waals surface area contributed by atoms with E-state index in [0.29, 0.717) is 23.4 Å². The second-order valence-corrected chi connectivity index (χ2v) is 7.16. The molecule has 1 aliphatic rings. The topological polar surface area (TPSA) is 67.9 Å². The van der Waals surface area contributed by atoms with Gasteiger partial charge in [-0.2, -0.15) is 0 Å². The quantitative estimate of drug-likeness (QED) is 0.772. The molecule has 1 N–H and O–H groups in total. The van der Waals surface area contributed by atoms with Crippen molar-refractivity contribution in [2.75, 3.05) is 19.0 Å². The molecule has 0 spiro atoms. The van der Waals surface area contributed by atoms with Crippen LogP contribution in [0.15, 0.2) is 36.4 Å². The SMILES string of the molecule is CCC1Oc2ccc(NC(=O)COC)cc2CN(Cc2ccc(F)cc2Cl)C1=O. The average molecular weight is 421 g/mol. The third kappa shape index (κ3) is 5.05. The van der Waals surface area contributed by atoms with Crippen molar-refractivity contribution < 1.29 is 23.5 Å². The Morgan fingerprint density at radius 2 is 2.14 bits per heavy atom. The van der Waals surface area contributed by atoms with E-state index < -0.39 is 11.9 Å². The van der Waals surface area contributed by atoms with Crippen molar-refractivity contribution in [2.45, 2.75) is 32.5 Å². The zero-order valence-electron chi connectivity index (χ0n) is 16.2. The molecule has 1 unspecified atom stereocenters. The monoisotopic (exact) mass is 420 g/mol. The highest BCUT2D eigenvalue weighted by Gasteiger charge is 2.30. The molecule has 0 saturated carbocycles. The second kappa shape index (κ2) is 9.24. The number of rotatable bonds is 6. The van der Waals surface area contributed by atoms with E-state index in [2.05, 4.69) is 5.32 Å². The fourth-order valence-corrected chi connectivity index (χ4v) is 3.39. The number of nitrogens with zero attached hydrogens (tertiary/aromatic N) is 1. The lowest BCUT2D eigenvalue weighted by Crippen LogP contribution is -2.38. The average Bonchev–Trinajstić information content (AvgIpc) is 2.80. The van der Waals surface area contributed by atoms with Crippen LogP contribution in [0.3, 0.4) is 0 Å². The summed E-state index contributed by atoms with van der Waals surface area (Å²) in [5, 5.41) is 3.00. The Kier molecular flexibility index (Phi) is 6.71. The summed E-state index contributed by atoms with van der Waals surface area (Å²) in [5.41, 5.74) is 1.98. The molecule has 1 atom stereocenters. The van der Waals surface area contributed by atoms with Gasteiger partial charge in [0.05, 0.1) is 0 Å². The molecule has 6 nitrogen and oxygen atoms in total. The van der Waals surface area contributed by atoms with E-state index in [0.717, 1.165) is 5.56 Å². The molecule has 0 saturated heterocycles. The molecular weight excluding hydrogens is 399 g/mol. The molecule has 0 bridgehead atoms. The van der Waals surface area contributed by atoms with Gasteiger partial charge >= 0.3 is 0 Å². The number of carbonyl (C=O) groups excluding carboxylic acids is 2. The Labute approximate surface area is 173 Å². The lowest BCUT2D eigenvalue weighted by molar-refractivity contribution is -0.139. The maximum Gasteiger partial charge on any atom is 0.264 e. The molecule has 154 valence electrons. The van der Waals surface area contributed by atoms with E-state index in [-0.39, 0.29) is 36.5 Å². The maximum absolute atomic E-state index is 13.4. The molecule has 8 heteroatoms. The number of carbonyl (C=O) groups is 2. The minimum Gasteiger partial charge on any atom is -0.480 e. The van der Waals surface area contributed by atoms with Crippen molar-refractivity contribution in [1.82, 2.24) is 4.90 Å². The number of benzene rings is 2. The van der Waals surface area contributed by atoms with Crippen LogP contribution < -0.4 is 10.1 Å². The number of hydrogen-bond donors (Lipinski definition) is 1. The van der Waals surface area contributed by atoms with Gasteiger partial charge < -0.3 is 19.7 Å². The number of amides is 2. The predicted octanol–water partition coefficient (Wildman–Crippen LogP) is 3.76. The number of anilines is 1. The van der Waals surface area contributed by atoms with Crippen molar-refractivity contribution >= 4 is 29.1 Å². The number of methoxy groups -OCH3 is 1. The van der Waals surface area contributed by atoms with Crippen molar-refractivity contribution in [2.24, 2.45) is 0 Å². The van der Waals surface area contributed by atoms with Crippen LogP contribution in [0.5, 0.6) is 5.75 Å². The highest BCUT2D eigenvalue weighted by Crippen LogP contribution is 2.31. The van der Waals surface area contributed by atoms with Gasteiger partial charge in [-0.25, -0.2) is 4.39 Å². The van der Waals surface area contributed by atoms with E-state index in [1.165, 1.54) is 19.2 Å². The zero-order chi connectivity index (χ0) is 21.0. The van der Waals surface area contributed by atoms with Crippen LogP contribution in [0, 0.1) is 5.82 Å². The molecule has 1 aliphatic heterocycles. The zero-order valence-corrected chi connectivity index (χ0v) is 17.0. The normalized spacial score (nSPS) is 16.1. The van der Waals surface area contributed by atoms with Gasteiger partial charge in [-0.1, -0.05) is 24.6 Å². The van der Waals surface area contributed by atoms with Crippen LogP contribution in [0.4, 0.5) is 10.1 Å². The molecule has 2 aromatic carbocycles. The Balaban J connectivity index is 1.89. The first-order valence-electron chi connectivity index (χ1n) is 9.22. The summed E-state index contributed by atoms with van der Waals surface area (Å²) in [4.78, 5) is 26.4. The molecule has 29 heavy (non-hydrogen) atoms. The summed E-state index contributed by atoms with van der Waals surface area (Å²) in [6, 6.07) is 9.34. The van der Waals surface area contributed by atoms with E-state index >= 15 is 0 Å². The van der Waals surface area contributed by atoms with E-state index in [1.807, 2.05) is 6.92 Å². The summed E-state index contributed by atoms with van der Waals surface area (Å²) in [7, 11) is 1.44. The van der Waals surface area contributed by atoms with Gasteiger partial charge in [0.25, 0.3) is 5.91 Å². The highest BCUT2D eigenvalue weighted by atomic mass is 35.5. The standard InChI is InChI=1S/C21H22ClFN2O4/c1-3-18-21(27)25(10-13-4-5-15(23)9-17(13)22)11-14-8-16(6-7-19(14)29-18)24-20(26)12-28-2/h4-9,18H,3,10-12H2,1-2H3,(H,24,26). The minimum atomic E-state index is -0.635. The molecule has 1 heterocycles. The largest absolute Gasteiger partial charge is 0.480 e. The molecule has 3 rings (SSSR count). The second-order valence-electron chi connectivity index (χ2n) is 6.75. The van der Waals surface area contributed by atoms with Gasteiger partial charge in [0.15, 0.2) is 6.10 Å². The van der Waals surface area contributed by atoms with E-state index in [9.17, 15) is 14.0 Å². The van der Waals surface area contributed by atoms with Crippen LogP contribution >= 0.6 is 11.6 Å². The molecule has 2 aromatic rings. The summed E-state index contributed by atoms with van der Waals surface area (Å²) >= 11 is 6.15. The van der Waals surface area contributed by atoms with Crippen LogP contribution in [0.25, 0.3) is 0 Å². The van der Waals surface area contributed by atoms with Crippen LogP contribution in [0.2, 0.25) is 5.02 Å². The number of hydrogen-bond acceptors (Lipinski definition) is 4. The summed E-state index contributed by atoms with van der Waals surface area (Å²) < 4.78 is 24.1. The smallest absolute Gasteiger partial charge is 0.264 e. The maximum atomic E-state index is 13.4. The van der Waals surface area contributed by atoms with Gasteiger partial charge in [-0.15, -0.1) is 0 Å². The molecule has 0 radical (unpaired) electrons. The Morgan fingerprint density at radius 3 is 2.83 bits per heavy atom. The van der Waals surface area contributed by atoms with E-state index in [1.54, 1.807) is 29.2 Å². The van der Waals surface area contributed by atoms with Crippen LogP contribution in [-0.2, 0) is 27.4 Å². The molecule has 0 aliphatic carbocycles. The number of nitrogens with one attached hydrogen (secondary N) is 1. The predicted molar refractivity (Wildman–Crippen MR) is 107 cm³/mol. The van der Waals surface area contributed by atoms with Crippen molar-refractivity contribution in [1.29, 1.82) is 0 Å². The lowest BCUT2D eigenvalue weighted by Gasteiger charge is -2.23. The van der Waals surface area contributed by atoms with Gasteiger partial charge in [0.2, 0.25) is 5.91 Å². The summed E-state index contributed by atoms with van der Waals surface area (Å²) in [6.45, 7) is 2.30. The van der Waals surface area contributed by atoms with E-state index in [4.69, 9.17) is 21.1 Å². The molecule has 2 amide bonds. The fraction of sp³-hybridized carbons (Fsp3) is 0.333. The fourth-order valence-electron chi connectivity index (χ4n) is 3.16. The van der Waals surface area contributed by atoms with Gasteiger partial charge in [0.1, 0.15) is 18.2 Å². The van der Waals surface area contributed by atoms with Crippen LogP contribution in [0.1, 0.15) is 24.5 Å². The molecule has 0 aromatic heterocycles. The first-order valence-corrected chi connectivity index (χ1v) is 9.60. The first-order chi connectivity index (χ1) is 13.9. The Bertz CT molecular complexity index is 922. The number of halogens is 2. The Morgan fingerprint density at radius 1 is 1.34 bits per heavy atom. The van der Waals surface area contributed by atoms with Gasteiger partial charge in [-0.3, -0.25) is 9.59 Å². The van der Waals surface area contributed by atoms with Crippen molar-refractivity contribution in [3.63, 3.8) is 0 Å².